The van der Waals surface area contributed by atoms with E-state index in [2.05, 4.69) is 36.8 Å². The van der Waals surface area contributed by atoms with E-state index in [1.165, 1.54) is 0 Å². The minimum absolute atomic E-state index is 0.243. The van der Waals surface area contributed by atoms with E-state index in [4.69, 9.17) is 4.42 Å². The van der Waals surface area contributed by atoms with E-state index in [1.807, 2.05) is 30.3 Å². The molecule has 3 nitrogen and oxygen atoms in total. The molecule has 0 spiro atoms. The van der Waals surface area contributed by atoms with Crippen LogP contribution in [0.1, 0.15) is 5.56 Å². The van der Waals surface area contributed by atoms with Crippen molar-refractivity contribution in [1.82, 2.24) is 4.90 Å². The van der Waals surface area contributed by atoms with Gasteiger partial charge in [0.15, 0.2) is 0 Å². The van der Waals surface area contributed by atoms with E-state index in [-0.39, 0.29) is 5.63 Å². The molecule has 19 heavy (non-hydrogen) atoms. The molecule has 0 saturated heterocycles. The molecule has 2 rings (SSSR count). The molecule has 0 aliphatic carbocycles. The van der Waals surface area contributed by atoms with Gasteiger partial charge in [0.2, 0.25) is 0 Å². The third kappa shape index (κ3) is 3.91. The number of fused-ring (bicyclic) bond motifs is 1. The standard InChI is InChI=1S/C14H15Br2NO2/c15-5-7-17(8-6-16)10-12-9-11-3-1-2-4-13(11)19-14(12)18/h1-4,9H,5-8,10H2. The lowest BCUT2D eigenvalue weighted by atomic mass is 10.2. The molecule has 0 atom stereocenters. The molecule has 102 valence electrons. The highest BCUT2D eigenvalue weighted by molar-refractivity contribution is 9.09. The summed E-state index contributed by atoms with van der Waals surface area (Å²) in [5.74, 6) is 0. The lowest BCUT2D eigenvalue weighted by Gasteiger charge is -2.19. The van der Waals surface area contributed by atoms with Crippen LogP contribution in [0.25, 0.3) is 11.0 Å². The fourth-order valence-electron chi connectivity index (χ4n) is 1.96. The number of hydrogen-bond acceptors (Lipinski definition) is 3. The first kappa shape index (κ1) is 14.8. The Morgan fingerprint density at radius 1 is 1.11 bits per heavy atom. The number of benzene rings is 1. The second-order valence-electron chi connectivity index (χ2n) is 4.25. The number of hydrogen-bond donors (Lipinski definition) is 0. The van der Waals surface area contributed by atoms with Gasteiger partial charge < -0.3 is 4.42 Å². The molecular weight excluding hydrogens is 374 g/mol. The summed E-state index contributed by atoms with van der Waals surface area (Å²) in [5.41, 5.74) is 1.11. The Hall–Kier alpha value is -0.650. The van der Waals surface area contributed by atoms with Crippen LogP contribution >= 0.6 is 31.9 Å². The Bertz CT molecular complexity index is 591. The third-order valence-electron chi connectivity index (χ3n) is 2.91. The average Bonchev–Trinajstić information content (AvgIpc) is 2.40. The first-order valence-electron chi connectivity index (χ1n) is 6.10. The summed E-state index contributed by atoms with van der Waals surface area (Å²) in [4.78, 5) is 14.2. The van der Waals surface area contributed by atoms with Gasteiger partial charge >= 0.3 is 5.63 Å². The zero-order chi connectivity index (χ0) is 13.7. The van der Waals surface area contributed by atoms with Gasteiger partial charge in [0.05, 0.1) is 5.56 Å². The van der Waals surface area contributed by atoms with Crippen LogP contribution in [0, 0.1) is 0 Å². The van der Waals surface area contributed by atoms with Crippen LogP contribution in [0.5, 0.6) is 0 Å². The molecule has 0 unspecified atom stereocenters. The highest BCUT2D eigenvalue weighted by Crippen LogP contribution is 2.13. The first-order chi connectivity index (χ1) is 9.24. The van der Waals surface area contributed by atoms with Crippen molar-refractivity contribution in [1.29, 1.82) is 0 Å². The van der Waals surface area contributed by atoms with Crippen LogP contribution in [-0.2, 0) is 6.54 Å². The fraction of sp³-hybridized carbons (Fsp3) is 0.357. The maximum absolute atomic E-state index is 12.0. The van der Waals surface area contributed by atoms with Crippen LogP contribution in [0.15, 0.2) is 39.5 Å². The second-order valence-corrected chi connectivity index (χ2v) is 5.84. The molecule has 1 aromatic heterocycles. The molecule has 0 fully saturated rings. The van der Waals surface area contributed by atoms with E-state index in [0.717, 1.165) is 29.1 Å². The first-order valence-corrected chi connectivity index (χ1v) is 8.35. The average molecular weight is 389 g/mol. The van der Waals surface area contributed by atoms with Gasteiger partial charge in [-0.3, -0.25) is 4.90 Å². The molecule has 0 aliphatic heterocycles. The monoisotopic (exact) mass is 387 g/mol. The van der Waals surface area contributed by atoms with E-state index in [9.17, 15) is 4.79 Å². The number of alkyl halides is 2. The summed E-state index contributed by atoms with van der Waals surface area (Å²) in [6.07, 6.45) is 0. The van der Waals surface area contributed by atoms with Crippen molar-refractivity contribution in [3.8, 4) is 0 Å². The Morgan fingerprint density at radius 3 is 2.47 bits per heavy atom. The summed E-state index contributed by atoms with van der Waals surface area (Å²) in [5, 5.41) is 2.74. The van der Waals surface area contributed by atoms with Crippen molar-refractivity contribution in [2.45, 2.75) is 6.54 Å². The van der Waals surface area contributed by atoms with Crippen LogP contribution in [0.3, 0.4) is 0 Å². The largest absolute Gasteiger partial charge is 0.422 e. The topological polar surface area (TPSA) is 33.5 Å². The molecule has 5 heteroatoms. The van der Waals surface area contributed by atoms with Crippen molar-refractivity contribution in [3.05, 3.63) is 46.3 Å². The van der Waals surface area contributed by atoms with Gasteiger partial charge in [-0.15, -0.1) is 0 Å². The van der Waals surface area contributed by atoms with Crippen LogP contribution in [-0.4, -0.2) is 28.6 Å². The number of para-hydroxylation sites is 1. The van der Waals surface area contributed by atoms with Gasteiger partial charge in [-0.05, 0) is 12.1 Å². The Kier molecular flexibility index (Phi) is 5.60. The SMILES string of the molecule is O=c1oc2ccccc2cc1CN(CCBr)CCBr. The highest BCUT2D eigenvalue weighted by Gasteiger charge is 2.10. The van der Waals surface area contributed by atoms with Crippen molar-refractivity contribution in [3.63, 3.8) is 0 Å². The van der Waals surface area contributed by atoms with Gasteiger partial charge in [0.1, 0.15) is 5.58 Å². The molecule has 0 amide bonds. The Balaban J connectivity index is 2.28. The smallest absolute Gasteiger partial charge is 0.340 e. The highest BCUT2D eigenvalue weighted by atomic mass is 79.9. The van der Waals surface area contributed by atoms with Crippen molar-refractivity contribution in [2.75, 3.05) is 23.7 Å². The molecule has 0 aliphatic rings. The van der Waals surface area contributed by atoms with Gasteiger partial charge in [-0.1, -0.05) is 50.1 Å². The maximum atomic E-state index is 12.0. The lowest BCUT2D eigenvalue weighted by Crippen LogP contribution is -2.29. The molecular formula is C14H15Br2NO2. The predicted octanol–water partition coefficient (Wildman–Crippen LogP) is 3.38. The summed E-state index contributed by atoms with van der Waals surface area (Å²) in [7, 11) is 0. The molecule has 0 saturated carbocycles. The number of rotatable bonds is 6. The van der Waals surface area contributed by atoms with E-state index >= 15 is 0 Å². The van der Waals surface area contributed by atoms with Gasteiger partial charge in [0.25, 0.3) is 0 Å². The van der Waals surface area contributed by atoms with E-state index < -0.39 is 0 Å². The maximum Gasteiger partial charge on any atom is 0.340 e. The minimum Gasteiger partial charge on any atom is -0.422 e. The van der Waals surface area contributed by atoms with E-state index in [1.54, 1.807) is 0 Å². The van der Waals surface area contributed by atoms with Crippen molar-refractivity contribution in [2.24, 2.45) is 0 Å². The van der Waals surface area contributed by atoms with Gasteiger partial charge in [0, 0.05) is 35.7 Å². The second kappa shape index (κ2) is 7.22. The Labute approximate surface area is 128 Å². The summed E-state index contributed by atoms with van der Waals surface area (Å²) >= 11 is 6.87. The van der Waals surface area contributed by atoms with E-state index in [0.29, 0.717) is 17.7 Å². The zero-order valence-electron chi connectivity index (χ0n) is 10.4. The Morgan fingerprint density at radius 2 is 1.79 bits per heavy atom. The van der Waals surface area contributed by atoms with Crippen LogP contribution in [0.4, 0.5) is 0 Å². The normalized spacial score (nSPS) is 11.3. The molecule has 2 aromatic rings. The predicted molar refractivity (Wildman–Crippen MR) is 85.3 cm³/mol. The molecule has 0 bridgehead atoms. The third-order valence-corrected chi connectivity index (χ3v) is 3.62. The molecule has 1 heterocycles. The molecule has 0 N–H and O–H groups in total. The summed E-state index contributed by atoms with van der Waals surface area (Å²) < 4.78 is 5.34. The molecule has 0 radical (unpaired) electrons. The van der Waals surface area contributed by atoms with Crippen molar-refractivity contribution < 1.29 is 4.42 Å². The molecule has 1 aromatic carbocycles. The van der Waals surface area contributed by atoms with Crippen LogP contribution in [0.2, 0.25) is 0 Å². The summed E-state index contributed by atoms with van der Waals surface area (Å²) in [6, 6.07) is 9.51. The van der Waals surface area contributed by atoms with Crippen molar-refractivity contribution >= 4 is 42.8 Å². The quantitative estimate of drug-likeness (QED) is 0.561. The minimum atomic E-state index is -0.243. The number of halogens is 2. The van der Waals surface area contributed by atoms with Crippen LogP contribution < -0.4 is 5.63 Å². The summed E-state index contributed by atoms with van der Waals surface area (Å²) in [6.45, 7) is 2.42. The van der Waals surface area contributed by atoms with Gasteiger partial charge in [-0.25, -0.2) is 4.79 Å². The number of nitrogens with zero attached hydrogens (tertiary/aromatic N) is 1. The van der Waals surface area contributed by atoms with Gasteiger partial charge in [-0.2, -0.15) is 0 Å². The fourth-order valence-corrected chi connectivity index (χ4v) is 2.97. The zero-order valence-corrected chi connectivity index (χ0v) is 13.6. The lowest BCUT2D eigenvalue weighted by molar-refractivity contribution is 0.298.